The number of nitrogens with one attached hydrogen (secondary N) is 1. The summed E-state index contributed by atoms with van der Waals surface area (Å²) in [5.74, 6) is -0.0912. The average molecular weight is 312 g/mol. The minimum atomic E-state index is -0.417. The van der Waals surface area contributed by atoms with Crippen molar-refractivity contribution in [1.29, 1.82) is 0 Å². The minimum absolute atomic E-state index is 0.0591. The normalized spacial score (nSPS) is 13.4. The van der Waals surface area contributed by atoms with Crippen LogP contribution in [-0.2, 0) is 11.3 Å². The molecule has 0 aliphatic rings. The first-order chi connectivity index (χ1) is 9.69. The maximum atomic E-state index is 13.8. The molecule has 2 rings (SSSR count). The van der Waals surface area contributed by atoms with Gasteiger partial charge in [0.2, 0.25) is 5.91 Å². The first-order valence-corrected chi connectivity index (χ1v) is 7.22. The number of para-hydroxylation sites is 1. The van der Waals surface area contributed by atoms with Gasteiger partial charge >= 0.3 is 0 Å². The molecule has 21 heavy (non-hydrogen) atoms. The highest BCUT2D eigenvalue weighted by Gasteiger charge is 2.20. The highest BCUT2D eigenvalue weighted by Crippen LogP contribution is 2.26. The van der Waals surface area contributed by atoms with Gasteiger partial charge in [-0.3, -0.25) is 4.79 Å². The Morgan fingerprint density at radius 1 is 1.48 bits per heavy atom. The van der Waals surface area contributed by atoms with Gasteiger partial charge in [-0.1, -0.05) is 6.07 Å². The van der Waals surface area contributed by atoms with E-state index in [9.17, 15) is 9.18 Å². The molecule has 0 bridgehead atoms. The number of carbonyl (C=O) groups excluding carboxylic acids is 1. The summed E-state index contributed by atoms with van der Waals surface area (Å²) >= 11 is 6.11. The SMILES string of the molecule is CC(Cl)c1nc2c(F)cccc2n1CC(=O)NC(C)(C)C. The summed E-state index contributed by atoms with van der Waals surface area (Å²) < 4.78 is 15.5. The summed E-state index contributed by atoms with van der Waals surface area (Å²) in [6, 6.07) is 4.68. The molecule has 1 unspecified atom stereocenters. The quantitative estimate of drug-likeness (QED) is 0.883. The van der Waals surface area contributed by atoms with E-state index < -0.39 is 11.2 Å². The molecule has 1 amide bonds. The van der Waals surface area contributed by atoms with Crippen molar-refractivity contribution in [3.8, 4) is 0 Å². The molecule has 1 aromatic carbocycles. The molecule has 6 heteroatoms. The number of aromatic nitrogens is 2. The number of halogens is 2. The molecule has 0 spiro atoms. The van der Waals surface area contributed by atoms with Crippen LogP contribution in [0.5, 0.6) is 0 Å². The second kappa shape index (κ2) is 5.64. The molecule has 1 heterocycles. The van der Waals surface area contributed by atoms with Gasteiger partial charge in [0.05, 0.1) is 10.9 Å². The highest BCUT2D eigenvalue weighted by molar-refractivity contribution is 6.20. The monoisotopic (exact) mass is 311 g/mol. The van der Waals surface area contributed by atoms with Crippen molar-refractivity contribution >= 4 is 28.5 Å². The number of amides is 1. The molecule has 0 aliphatic carbocycles. The zero-order chi connectivity index (χ0) is 15.8. The van der Waals surface area contributed by atoms with Crippen molar-refractivity contribution in [2.75, 3.05) is 0 Å². The Hall–Kier alpha value is -1.62. The van der Waals surface area contributed by atoms with Gasteiger partial charge in [-0.2, -0.15) is 0 Å². The van der Waals surface area contributed by atoms with Crippen molar-refractivity contribution in [3.63, 3.8) is 0 Å². The van der Waals surface area contributed by atoms with Crippen molar-refractivity contribution in [1.82, 2.24) is 14.9 Å². The van der Waals surface area contributed by atoms with E-state index in [0.29, 0.717) is 11.3 Å². The fourth-order valence-electron chi connectivity index (χ4n) is 2.20. The number of nitrogens with zero attached hydrogens (tertiary/aromatic N) is 2. The Morgan fingerprint density at radius 3 is 2.71 bits per heavy atom. The van der Waals surface area contributed by atoms with Crippen LogP contribution in [0.3, 0.4) is 0 Å². The van der Waals surface area contributed by atoms with Crippen LogP contribution < -0.4 is 5.32 Å². The van der Waals surface area contributed by atoms with Crippen LogP contribution in [0.15, 0.2) is 18.2 Å². The standard InChI is InChI=1S/C15H19ClFN3O/c1-9(16)14-18-13-10(17)6-5-7-11(13)20(14)8-12(21)19-15(2,3)4/h5-7,9H,8H2,1-4H3,(H,19,21). The molecule has 1 atom stereocenters. The van der Waals surface area contributed by atoms with Crippen molar-refractivity contribution < 1.29 is 9.18 Å². The second-order valence-corrected chi connectivity index (χ2v) is 6.73. The smallest absolute Gasteiger partial charge is 0.240 e. The predicted molar refractivity (Wildman–Crippen MR) is 81.9 cm³/mol. The highest BCUT2D eigenvalue weighted by atomic mass is 35.5. The van der Waals surface area contributed by atoms with Crippen LogP contribution in [0.2, 0.25) is 0 Å². The summed E-state index contributed by atoms with van der Waals surface area (Å²) in [7, 11) is 0. The van der Waals surface area contributed by atoms with E-state index in [1.54, 1.807) is 23.6 Å². The number of alkyl halides is 1. The lowest BCUT2D eigenvalue weighted by Gasteiger charge is -2.21. The molecule has 114 valence electrons. The Morgan fingerprint density at radius 2 is 2.14 bits per heavy atom. The lowest BCUT2D eigenvalue weighted by atomic mass is 10.1. The zero-order valence-corrected chi connectivity index (χ0v) is 13.3. The Bertz CT molecular complexity index is 673. The van der Waals surface area contributed by atoms with E-state index in [-0.39, 0.29) is 23.5 Å². The van der Waals surface area contributed by atoms with E-state index in [2.05, 4.69) is 10.3 Å². The van der Waals surface area contributed by atoms with Gasteiger partial charge in [-0.15, -0.1) is 11.6 Å². The number of fused-ring (bicyclic) bond motifs is 1. The van der Waals surface area contributed by atoms with Gasteiger partial charge < -0.3 is 9.88 Å². The molecular formula is C15H19ClFN3O. The van der Waals surface area contributed by atoms with Gasteiger partial charge in [0.25, 0.3) is 0 Å². The largest absolute Gasteiger partial charge is 0.350 e. The minimum Gasteiger partial charge on any atom is -0.350 e. The van der Waals surface area contributed by atoms with Crippen LogP contribution in [0.25, 0.3) is 11.0 Å². The molecule has 0 radical (unpaired) electrons. The number of hydrogen-bond acceptors (Lipinski definition) is 2. The molecule has 0 aliphatic heterocycles. The second-order valence-electron chi connectivity index (χ2n) is 6.08. The molecule has 0 fully saturated rings. The molecule has 4 nitrogen and oxygen atoms in total. The number of benzene rings is 1. The number of carbonyl (C=O) groups is 1. The van der Waals surface area contributed by atoms with Crippen LogP contribution in [0, 0.1) is 5.82 Å². The van der Waals surface area contributed by atoms with E-state index in [1.165, 1.54) is 6.07 Å². The molecule has 1 aromatic heterocycles. The average Bonchev–Trinajstić information content (AvgIpc) is 2.67. The summed E-state index contributed by atoms with van der Waals surface area (Å²) in [5, 5.41) is 2.46. The van der Waals surface area contributed by atoms with Gasteiger partial charge in [0.15, 0.2) is 5.82 Å². The molecular weight excluding hydrogens is 293 g/mol. The first kappa shape index (κ1) is 15.8. The predicted octanol–water partition coefficient (Wildman–Crippen LogP) is 3.39. The summed E-state index contributed by atoms with van der Waals surface area (Å²) in [5.41, 5.74) is 0.482. The van der Waals surface area contributed by atoms with E-state index in [0.717, 1.165) is 0 Å². The number of rotatable bonds is 3. The summed E-state index contributed by atoms with van der Waals surface area (Å²) in [6.45, 7) is 7.52. The van der Waals surface area contributed by atoms with Crippen LogP contribution in [0.4, 0.5) is 4.39 Å². The third-order valence-corrected chi connectivity index (χ3v) is 3.13. The van der Waals surface area contributed by atoms with Crippen LogP contribution in [-0.4, -0.2) is 21.0 Å². The van der Waals surface area contributed by atoms with Crippen molar-refractivity contribution in [2.24, 2.45) is 0 Å². The fraction of sp³-hybridized carbons (Fsp3) is 0.467. The van der Waals surface area contributed by atoms with Crippen molar-refractivity contribution in [2.45, 2.75) is 45.2 Å². The van der Waals surface area contributed by atoms with Crippen molar-refractivity contribution in [3.05, 3.63) is 29.8 Å². The maximum absolute atomic E-state index is 13.8. The lowest BCUT2D eigenvalue weighted by molar-refractivity contribution is -0.123. The van der Waals surface area contributed by atoms with E-state index in [4.69, 9.17) is 11.6 Å². The first-order valence-electron chi connectivity index (χ1n) is 6.79. The Balaban J connectivity index is 2.44. The summed E-state index contributed by atoms with van der Waals surface area (Å²) in [4.78, 5) is 16.4. The van der Waals surface area contributed by atoms with Gasteiger partial charge in [0.1, 0.15) is 17.9 Å². The lowest BCUT2D eigenvalue weighted by Crippen LogP contribution is -2.42. The maximum Gasteiger partial charge on any atom is 0.240 e. The van der Waals surface area contributed by atoms with Gasteiger partial charge in [-0.05, 0) is 39.8 Å². The number of imidazole rings is 1. The molecule has 0 saturated carbocycles. The summed E-state index contributed by atoms with van der Waals surface area (Å²) in [6.07, 6.45) is 0. The van der Waals surface area contributed by atoms with E-state index in [1.807, 2.05) is 20.8 Å². The molecule has 1 N–H and O–H groups in total. The molecule has 0 saturated heterocycles. The third kappa shape index (κ3) is 3.53. The topological polar surface area (TPSA) is 46.9 Å². The zero-order valence-electron chi connectivity index (χ0n) is 12.6. The Kier molecular flexibility index (Phi) is 4.23. The van der Waals surface area contributed by atoms with E-state index >= 15 is 0 Å². The molecule has 2 aromatic rings. The van der Waals surface area contributed by atoms with Crippen LogP contribution in [0.1, 0.15) is 38.9 Å². The number of hydrogen-bond donors (Lipinski definition) is 1. The van der Waals surface area contributed by atoms with Gasteiger partial charge in [0, 0.05) is 5.54 Å². The van der Waals surface area contributed by atoms with Gasteiger partial charge in [-0.25, -0.2) is 9.37 Å². The third-order valence-electron chi connectivity index (χ3n) is 2.93. The fourth-order valence-corrected chi connectivity index (χ4v) is 2.37. The van der Waals surface area contributed by atoms with Crippen LogP contribution >= 0.6 is 11.6 Å². The Labute approximate surface area is 128 Å².